The van der Waals surface area contributed by atoms with Gasteiger partial charge in [0.2, 0.25) is 0 Å². The molecule has 0 radical (unpaired) electrons. The van der Waals surface area contributed by atoms with Gasteiger partial charge in [0.25, 0.3) is 0 Å². The Kier molecular flexibility index (Phi) is 39.5. The second-order valence-electron chi connectivity index (χ2n) is 15.5. The van der Waals surface area contributed by atoms with Crippen molar-refractivity contribution in [1.29, 1.82) is 0 Å². The van der Waals surface area contributed by atoms with Crippen LogP contribution in [0.4, 0.5) is 0 Å². The molecule has 0 fully saturated rings. The van der Waals surface area contributed by atoms with E-state index in [2.05, 4.69) is 13.8 Å². The van der Waals surface area contributed by atoms with Crippen LogP contribution in [0.2, 0.25) is 0 Å². The van der Waals surface area contributed by atoms with Crippen molar-refractivity contribution in [2.45, 2.75) is 264 Å². The lowest BCUT2D eigenvalue weighted by atomic mass is 9.94. The summed E-state index contributed by atoms with van der Waals surface area (Å²) in [4.78, 5) is 0. The quantitative estimate of drug-likeness (QED) is 0.0508. The van der Waals surface area contributed by atoms with E-state index >= 15 is 0 Å². The minimum atomic E-state index is -4.35. The minimum Gasteiger partial charge on any atom is -0.264 e. The summed E-state index contributed by atoms with van der Waals surface area (Å²) in [6.45, 7) is 4.71. The van der Waals surface area contributed by atoms with Crippen molar-refractivity contribution in [3.8, 4) is 0 Å². The molecule has 0 aromatic carbocycles. The molecule has 0 aromatic rings. The third-order valence-corrected chi connectivity index (χ3v) is 11.1. The monoisotopic (exact) mass is 701 g/mol. The van der Waals surface area contributed by atoms with Crippen LogP contribution >= 0.6 is 0 Å². The first-order valence-electron chi connectivity index (χ1n) is 22.1. The first-order chi connectivity index (χ1) is 23.5. The molecule has 0 aliphatic heterocycles. The van der Waals surface area contributed by atoms with Crippen molar-refractivity contribution < 1.29 is 17.2 Å². The summed E-state index contributed by atoms with van der Waals surface area (Å²) < 4.78 is 36.2. The molecular weight excluding hydrogens is 613 g/mol. The van der Waals surface area contributed by atoms with Crippen molar-refractivity contribution >= 4 is 10.4 Å². The number of hydrogen-bond acceptors (Lipinski definition) is 3. The molecule has 0 heterocycles. The van der Waals surface area contributed by atoms with E-state index in [9.17, 15) is 8.42 Å². The predicted octanol–water partition coefficient (Wildman–Crippen LogP) is 15.7. The zero-order valence-electron chi connectivity index (χ0n) is 32.9. The number of hydrogen-bond donors (Lipinski definition) is 1. The predicted molar refractivity (Wildman–Crippen MR) is 212 cm³/mol. The molecule has 5 heteroatoms. The topological polar surface area (TPSA) is 63.6 Å². The molecule has 4 nitrogen and oxygen atoms in total. The van der Waals surface area contributed by atoms with Gasteiger partial charge < -0.3 is 0 Å². The molecule has 0 amide bonds. The maximum absolute atomic E-state index is 11.2. The zero-order valence-corrected chi connectivity index (χ0v) is 33.8. The van der Waals surface area contributed by atoms with Gasteiger partial charge in [0, 0.05) is 0 Å². The summed E-state index contributed by atoms with van der Waals surface area (Å²) in [6, 6.07) is 0. The fraction of sp³-hybridized carbons (Fsp3) is 1.00. The second-order valence-corrected chi connectivity index (χ2v) is 16.6. The van der Waals surface area contributed by atoms with Gasteiger partial charge in [-0.1, -0.05) is 251 Å². The largest absolute Gasteiger partial charge is 0.397 e. The second kappa shape index (κ2) is 39.7. The Morgan fingerprint density at radius 2 is 0.542 bits per heavy atom. The summed E-state index contributed by atoms with van der Waals surface area (Å²) in [5.74, 6) is 0.235. The third-order valence-electron chi connectivity index (χ3n) is 10.6. The van der Waals surface area contributed by atoms with Crippen molar-refractivity contribution in [2.75, 3.05) is 6.61 Å². The number of unbranched alkanes of at least 4 members (excludes halogenated alkanes) is 35. The van der Waals surface area contributed by atoms with E-state index in [-0.39, 0.29) is 12.5 Å². The fourth-order valence-corrected chi connectivity index (χ4v) is 7.70. The molecular formula is C43H88O4S. The smallest absolute Gasteiger partial charge is 0.264 e. The van der Waals surface area contributed by atoms with E-state index in [1.807, 2.05) is 0 Å². The molecule has 0 aliphatic carbocycles. The molecule has 1 atom stereocenters. The Bertz CT molecular complexity index is 695. The van der Waals surface area contributed by atoms with Crippen LogP contribution in [0.15, 0.2) is 0 Å². The standard InChI is InChI=1S/C43H88O4S/c1-3-5-7-9-11-13-15-17-19-21-22-23-25-27-29-31-33-35-37-39-41-43(42-47-48(44,45)46)40-38-36-34-32-30-28-26-24-20-18-16-14-12-10-8-6-4-2/h43H,3-42H2,1-2H3,(H,44,45,46). The Hall–Kier alpha value is -0.130. The lowest BCUT2D eigenvalue weighted by molar-refractivity contribution is 0.204. The van der Waals surface area contributed by atoms with E-state index in [1.54, 1.807) is 0 Å². The molecule has 0 rings (SSSR count). The van der Waals surface area contributed by atoms with Crippen LogP contribution in [0.1, 0.15) is 264 Å². The molecule has 0 bridgehead atoms. The zero-order chi connectivity index (χ0) is 35.1. The Morgan fingerprint density at radius 1 is 0.354 bits per heavy atom. The first-order valence-corrected chi connectivity index (χ1v) is 23.5. The lowest BCUT2D eigenvalue weighted by Gasteiger charge is -2.16. The van der Waals surface area contributed by atoms with E-state index in [0.29, 0.717) is 0 Å². The van der Waals surface area contributed by atoms with Gasteiger partial charge in [0.15, 0.2) is 0 Å². The summed E-state index contributed by atoms with van der Waals surface area (Å²) in [6.07, 6.45) is 53.0. The van der Waals surface area contributed by atoms with Crippen LogP contribution in [0.25, 0.3) is 0 Å². The van der Waals surface area contributed by atoms with Gasteiger partial charge >= 0.3 is 10.4 Å². The normalized spacial score (nSPS) is 12.6. The van der Waals surface area contributed by atoms with Crippen LogP contribution in [-0.2, 0) is 14.6 Å². The third kappa shape index (κ3) is 42.0. The average molecular weight is 701 g/mol. The first kappa shape index (κ1) is 47.9. The Morgan fingerprint density at radius 3 is 0.729 bits per heavy atom. The molecule has 290 valence electrons. The van der Waals surface area contributed by atoms with E-state index in [1.165, 1.54) is 225 Å². The molecule has 0 saturated heterocycles. The number of rotatable bonds is 42. The van der Waals surface area contributed by atoms with E-state index in [4.69, 9.17) is 8.74 Å². The van der Waals surface area contributed by atoms with Crippen LogP contribution in [0, 0.1) is 5.92 Å². The molecule has 1 N–H and O–H groups in total. The molecule has 1 unspecified atom stereocenters. The van der Waals surface area contributed by atoms with Crippen LogP contribution in [0.5, 0.6) is 0 Å². The average Bonchev–Trinajstić information content (AvgIpc) is 3.06. The summed E-state index contributed by atoms with van der Waals surface area (Å²) in [7, 11) is -4.35. The molecule has 48 heavy (non-hydrogen) atoms. The van der Waals surface area contributed by atoms with Gasteiger partial charge in [-0.05, 0) is 18.8 Å². The maximum atomic E-state index is 11.2. The maximum Gasteiger partial charge on any atom is 0.397 e. The molecule has 0 spiro atoms. The highest BCUT2D eigenvalue weighted by atomic mass is 32.3. The van der Waals surface area contributed by atoms with Gasteiger partial charge in [-0.15, -0.1) is 0 Å². The van der Waals surface area contributed by atoms with Crippen LogP contribution in [-0.4, -0.2) is 19.6 Å². The summed E-state index contributed by atoms with van der Waals surface area (Å²) in [5.41, 5.74) is 0. The molecule has 0 saturated carbocycles. The van der Waals surface area contributed by atoms with Gasteiger partial charge in [-0.3, -0.25) is 4.55 Å². The summed E-state index contributed by atoms with van der Waals surface area (Å²) in [5, 5.41) is 0. The SMILES string of the molecule is CCCCCCCCCCCCCCCCCCCCCCC(CCCCCCCCCCCCCCCCCCC)COS(=O)(=O)O. The fourth-order valence-electron chi connectivity index (χ4n) is 7.34. The minimum absolute atomic E-state index is 0.136. The van der Waals surface area contributed by atoms with Gasteiger partial charge in [0.05, 0.1) is 6.61 Å². The van der Waals surface area contributed by atoms with Gasteiger partial charge in [0.1, 0.15) is 0 Å². The van der Waals surface area contributed by atoms with E-state index < -0.39 is 10.4 Å². The van der Waals surface area contributed by atoms with Crippen molar-refractivity contribution in [3.63, 3.8) is 0 Å². The Labute approximate surface area is 303 Å². The van der Waals surface area contributed by atoms with Crippen molar-refractivity contribution in [1.82, 2.24) is 0 Å². The van der Waals surface area contributed by atoms with Crippen molar-refractivity contribution in [3.05, 3.63) is 0 Å². The van der Waals surface area contributed by atoms with Crippen LogP contribution < -0.4 is 0 Å². The van der Waals surface area contributed by atoms with E-state index in [0.717, 1.165) is 25.7 Å². The van der Waals surface area contributed by atoms with Crippen LogP contribution in [0.3, 0.4) is 0 Å². The Balaban J connectivity index is 3.60. The highest BCUT2D eigenvalue weighted by molar-refractivity contribution is 7.80. The molecule has 0 aromatic heterocycles. The summed E-state index contributed by atoms with van der Waals surface area (Å²) >= 11 is 0. The highest BCUT2D eigenvalue weighted by Crippen LogP contribution is 2.21. The van der Waals surface area contributed by atoms with Crippen molar-refractivity contribution in [2.24, 2.45) is 5.92 Å². The molecule has 0 aliphatic rings. The van der Waals surface area contributed by atoms with Gasteiger partial charge in [-0.2, -0.15) is 8.42 Å². The van der Waals surface area contributed by atoms with Gasteiger partial charge in [-0.25, -0.2) is 4.18 Å². The lowest BCUT2D eigenvalue weighted by Crippen LogP contribution is -2.14. The highest BCUT2D eigenvalue weighted by Gasteiger charge is 2.13.